The number of halogens is 1. The molecular formula is C22H16ClN3OS3. The Kier molecular flexibility index (Phi) is 6.64. The predicted molar refractivity (Wildman–Crippen MR) is 132 cm³/mol. The maximum atomic E-state index is 12.2. The van der Waals surface area contributed by atoms with E-state index >= 15 is 0 Å². The first-order chi connectivity index (χ1) is 14.6. The Hall–Kier alpha value is -2.45. The summed E-state index contributed by atoms with van der Waals surface area (Å²) in [5.74, 6) is 0.0876. The molecule has 0 aliphatic heterocycles. The van der Waals surface area contributed by atoms with Gasteiger partial charge in [0.15, 0.2) is 5.11 Å². The molecular weight excluding hydrogens is 454 g/mol. The fraction of sp³-hybridized carbons (Fsp3) is 0.0455. The SMILES string of the molecule is O=C(CSc1ccc(Cl)cc1)NC(=S)Nc1cccc(-c2nc3ccccc3s2)c1. The van der Waals surface area contributed by atoms with Gasteiger partial charge in [-0.05, 0) is 60.7 Å². The van der Waals surface area contributed by atoms with E-state index in [1.807, 2.05) is 54.6 Å². The van der Waals surface area contributed by atoms with Gasteiger partial charge in [0.1, 0.15) is 5.01 Å². The summed E-state index contributed by atoms with van der Waals surface area (Å²) in [5, 5.41) is 7.65. The molecule has 0 aliphatic rings. The molecule has 4 aromatic rings. The number of thiazole rings is 1. The first-order valence-electron chi connectivity index (χ1n) is 9.02. The van der Waals surface area contributed by atoms with Crippen molar-refractivity contribution >= 4 is 73.8 Å². The molecule has 0 saturated carbocycles. The highest BCUT2D eigenvalue weighted by Gasteiger charge is 2.09. The Morgan fingerprint density at radius 3 is 2.67 bits per heavy atom. The minimum Gasteiger partial charge on any atom is -0.332 e. The smallest absolute Gasteiger partial charge is 0.236 e. The van der Waals surface area contributed by atoms with Gasteiger partial charge in [-0.2, -0.15) is 0 Å². The summed E-state index contributed by atoms with van der Waals surface area (Å²) >= 11 is 14.2. The molecule has 0 unspecified atom stereocenters. The zero-order valence-electron chi connectivity index (χ0n) is 15.6. The lowest BCUT2D eigenvalue weighted by Crippen LogP contribution is -2.35. The Balaban J connectivity index is 1.35. The standard InChI is InChI=1S/C22H16ClN3OS3/c23-15-8-10-17(11-9-15)29-13-20(27)26-22(28)24-16-5-3-4-14(12-16)21-25-18-6-1-2-7-19(18)30-21/h1-12H,13H2,(H2,24,26,27,28). The molecule has 4 rings (SSSR count). The number of rotatable bonds is 5. The number of carbonyl (C=O) groups is 1. The van der Waals surface area contributed by atoms with Gasteiger partial charge in [-0.25, -0.2) is 4.98 Å². The molecule has 30 heavy (non-hydrogen) atoms. The normalized spacial score (nSPS) is 10.7. The number of hydrogen-bond acceptors (Lipinski definition) is 5. The Labute approximate surface area is 192 Å². The van der Waals surface area contributed by atoms with Crippen LogP contribution >= 0.6 is 46.9 Å². The molecule has 0 spiro atoms. The predicted octanol–water partition coefficient (Wildman–Crippen LogP) is 6.22. The van der Waals surface area contributed by atoms with Crippen molar-refractivity contribution in [2.75, 3.05) is 11.1 Å². The van der Waals surface area contributed by atoms with E-state index in [9.17, 15) is 4.79 Å². The highest BCUT2D eigenvalue weighted by molar-refractivity contribution is 8.00. The molecule has 1 aromatic heterocycles. The summed E-state index contributed by atoms with van der Waals surface area (Å²) in [6, 6.07) is 23.2. The molecule has 0 aliphatic carbocycles. The maximum Gasteiger partial charge on any atom is 0.236 e. The van der Waals surface area contributed by atoms with Crippen molar-refractivity contribution in [1.82, 2.24) is 10.3 Å². The van der Waals surface area contributed by atoms with Crippen LogP contribution in [0.15, 0.2) is 77.7 Å². The van der Waals surface area contributed by atoms with E-state index in [-0.39, 0.29) is 16.8 Å². The van der Waals surface area contributed by atoms with E-state index in [1.54, 1.807) is 23.5 Å². The monoisotopic (exact) mass is 469 g/mol. The van der Waals surface area contributed by atoms with Crippen LogP contribution in [0.2, 0.25) is 5.02 Å². The van der Waals surface area contributed by atoms with Crippen LogP contribution in [0.3, 0.4) is 0 Å². The molecule has 0 atom stereocenters. The van der Waals surface area contributed by atoms with Gasteiger partial charge in [-0.1, -0.05) is 35.9 Å². The van der Waals surface area contributed by atoms with Gasteiger partial charge < -0.3 is 10.6 Å². The van der Waals surface area contributed by atoms with E-state index in [0.29, 0.717) is 5.02 Å². The largest absolute Gasteiger partial charge is 0.332 e. The van der Waals surface area contributed by atoms with Gasteiger partial charge in [0, 0.05) is 21.2 Å². The van der Waals surface area contributed by atoms with Crippen molar-refractivity contribution in [2.24, 2.45) is 0 Å². The fourth-order valence-electron chi connectivity index (χ4n) is 2.73. The molecule has 3 aromatic carbocycles. The number of thiocarbonyl (C=S) groups is 1. The van der Waals surface area contributed by atoms with Gasteiger partial charge in [0.2, 0.25) is 5.91 Å². The molecule has 8 heteroatoms. The number of benzene rings is 3. The summed E-state index contributed by atoms with van der Waals surface area (Å²) in [6.07, 6.45) is 0. The Morgan fingerprint density at radius 2 is 1.87 bits per heavy atom. The second kappa shape index (κ2) is 9.57. The van der Waals surface area contributed by atoms with Crippen LogP contribution in [0.4, 0.5) is 5.69 Å². The summed E-state index contributed by atoms with van der Waals surface area (Å²) < 4.78 is 1.15. The van der Waals surface area contributed by atoms with E-state index in [4.69, 9.17) is 23.8 Å². The number of para-hydroxylation sites is 1. The number of amides is 1. The molecule has 0 bridgehead atoms. The minimum atomic E-state index is -0.172. The van der Waals surface area contributed by atoms with Gasteiger partial charge in [0.25, 0.3) is 0 Å². The highest BCUT2D eigenvalue weighted by Crippen LogP contribution is 2.31. The van der Waals surface area contributed by atoms with Crippen LogP contribution in [0.5, 0.6) is 0 Å². The third kappa shape index (κ3) is 5.37. The van der Waals surface area contributed by atoms with Gasteiger partial charge in [-0.3, -0.25) is 4.79 Å². The highest BCUT2D eigenvalue weighted by atomic mass is 35.5. The van der Waals surface area contributed by atoms with E-state index in [1.165, 1.54) is 11.8 Å². The van der Waals surface area contributed by atoms with Crippen LogP contribution in [-0.4, -0.2) is 21.8 Å². The van der Waals surface area contributed by atoms with Crippen molar-refractivity contribution < 1.29 is 4.79 Å². The summed E-state index contributed by atoms with van der Waals surface area (Å²) in [7, 11) is 0. The lowest BCUT2D eigenvalue weighted by molar-refractivity contribution is -0.117. The first kappa shape index (κ1) is 20.8. The average molecular weight is 470 g/mol. The average Bonchev–Trinajstić information content (AvgIpc) is 3.18. The number of nitrogens with one attached hydrogen (secondary N) is 2. The van der Waals surface area contributed by atoms with E-state index in [2.05, 4.69) is 21.7 Å². The Morgan fingerprint density at radius 1 is 1.07 bits per heavy atom. The third-order valence-electron chi connectivity index (χ3n) is 4.10. The zero-order valence-corrected chi connectivity index (χ0v) is 18.8. The number of thioether (sulfide) groups is 1. The second-order valence-electron chi connectivity index (χ2n) is 6.31. The van der Waals surface area contributed by atoms with E-state index < -0.39 is 0 Å². The second-order valence-corrected chi connectivity index (χ2v) is 9.24. The maximum absolute atomic E-state index is 12.2. The topological polar surface area (TPSA) is 54.0 Å². The van der Waals surface area contributed by atoms with Crippen LogP contribution in [0, 0.1) is 0 Å². The van der Waals surface area contributed by atoms with Crippen LogP contribution in [-0.2, 0) is 4.79 Å². The first-order valence-corrected chi connectivity index (χ1v) is 11.6. The summed E-state index contributed by atoms with van der Waals surface area (Å²) in [4.78, 5) is 17.8. The molecule has 0 saturated heterocycles. The van der Waals surface area contributed by atoms with Crippen molar-refractivity contribution in [3.8, 4) is 10.6 Å². The van der Waals surface area contributed by atoms with Crippen LogP contribution < -0.4 is 10.6 Å². The third-order valence-corrected chi connectivity index (χ3v) is 6.65. The molecule has 150 valence electrons. The quantitative estimate of drug-likeness (QED) is 0.268. The summed E-state index contributed by atoms with van der Waals surface area (Å²) in [6.45, 7) is 0. The van der Waals surface area contributed by atoms with Gasteiger partial charge in [-0.15, -0.1) is 23.1 Å². The number of nitrogens with zero attached hydrogens (tertiary/aromatic N) is 1. The number of hydrogen-bond donors (Lipinski definition) is 2. The lowest BCUT2D eigenvalue weighted by atomic mass is 10.2. The van der Waals surface area contributed by atoms with Gasteiger partial charge in [0.05, 0.1) is 16.0 Å². The number of fused-ring (bicyclic) bond motifs is 1. The molecule has 4 nitrogen and oxygen atoms in total. The number of carbonyl (C=O) groups excluding carboxylic acids is 1. The number of anilines is 1. The van der Waals surface area contributed by atoms with Crippen molar-refractivity contribution in [3.63, 3.8) is 0 Å². The molecule has 0 radical (unpaired) electrons. The van der Waals surface area contributed by atoms with Crippen molar-refractivity contribution in [1.29, 1.82) is 0 Å². The summed E-state index contributed by atoms with van der Waals surface area (Å²) in [5.41, 5.74) is 2.77. The minimum absolute atomic E-state index is 0.172. The molecule has 0 fully saturated rings. The number of aromatic nitrogens is 1. The van der Waals surface area contributed by atoms with Crippen LogP contribution in [0.1, 0.15) is 0 Å². The van der Waals surface area contributed by atoms with Crippen molar-refractivity contribution in [2.45, 2.75) is 4.90 Å². The Bertz CT molecular complexity index is 1170. The zero-order chi connectivity index (χ0) is 20.9. The lowest BCUT2D eigenvalue weighted by Gasteiger charge is -2.10. The molecule has 2 N–H and O–H groups in total. The van der Waals surface area contributed by atoms with Crippen molar-refractivity contribution in [3.05, 3.63) is 77.8 Å². The van der Waals surface area contributed by atoms with E-state index in [0.717, 1.165) is 31.4 Å². The molecule has 1 amide bonds. The molecule has 1 heterocycles. The fourth-order valence-corrected chi connectivity index (χ4v) is 4.75. The van der Waals surface area contributed by atoms with Gasteiger partial charge >= 0.3 is 0 Å². The van der Waals surface area contributed by atoms with Crippen LogP contribution in [0.25, 0.3) is 20.8 Å².